The van der Waals surface area contributed by atoms with Gasteiger partial charge < -0.3 is 9.84 Å². The number of rotatable bonds is 11. The molecule has 0 fully saturated rings. The topological polar surface area (TPSA) is 63.6 Å². The van der Waals surface area contributed by atoms with Crippen LogP contribution in [0.5, 0.6) is 0 Å². The predicted octanol–water partition coefficient (Wildman–Crippen LogP) is 4.21. The van der Waals surface area contributed by atoms with E-state index in [2.05, 4.69) is 17.7 Å². The van der Waals surface area contributed by atoms with Crippen molar-refractivity contribution in [3.63, 3.8) is 0 Å². The molecule has 1 aliphatic rings. The van der Waals surface area contributed by atoms with Gasteiger partial charge in [0.25, 0.3) is 0 Å². The smallest absolute Gasteiger partial charge is 0.305 e. The van der Waals surface area contributed by atoms with E-state index in [0.717, 1.165) is 19.3 Å². The third-order valence-electron chi connectivity index (χ3n) is 4.19. The molecule has 0 aromatic rings. The quantitative estimate of drug-likeness (QED) is 0.263. The number of allylic oxidation sites excluding steroid dienone is 5. The Labute approximate surface area is 151 Å². The summed E-state index contributed by atoms with van der Waals surface area (Å²) in [7, 11) is 1.38. The van der Waals surface area contributed by atoms with E-state index < -0.39 is 5.60 Å². The molecule has 0 spiro atoms. The fourth-order valence-electron chi connectivity index (χ4n) is 2.63. The maximum Gasteiger partial charge on any atom is 0.305 e. The zero-order valence-corrected chi connectivity index (χ0v) is 15.4. The van der Waals surface area contributed by atoms with E-state index in [0.29, 0.717) is 24.8 Å². The van der Waals surface area contributed by atoms with Gasteiger partial charge in [-0.3, -0.25) is 9.59 Å². The van der Waals surface area contributed by atoms with Crippen molar-refractivity contribution in [1.29, 1.82) is 0 Å². The van der Waals surface area contributed by atoms with E-state index in [1.807, 2.05) is 12.2 Å². The highest BCUT2D eigenvalue weighted by atomic mass is 16.5. The first-order valence-electron chi connectivity index (χ1n) is 9.08. The van der Waals surface area contributed by atoms with Crippen LogP contribution in [0, 0.1) is 0 Å². The summed E-state index contributed by atoms with van der Waals surface area (Å²) >= 11 is 0. The Morgan fingerprint density at radius 3 is 2.68 bits per heavy atom. The molecule has 0 aromatic heterocycles. The lowest BCUT2D eigenvalue weighted by atomic mass is 9.92. The van der Waals surface area contributed by atoms with Gasteiger partial charge in [-0.15, -0.1) is 0 Å². The van der Waals surface area contributed by atoms with Crippen LogP contribution in [0.2, 0.25) is 0 Å². The molecule has 4 heteroatoms. The van der Waals surface area contributed by atoms with Crippen molar-refractivity contribution in [2.24, 2.45) is 0 Å². The predicted molar refractivity (Wildman–Crippen MR) is 100 cm³/mol. The van der Waals surface area contributed by atoms with Gasteiger partial charge in [-0.1, -0.05) is 50.1 Å². The van der Waals surface area contributed by atoms with Gasteiger partial charge in [0.2, 0.25) is 0 Å². The highest BCUT2D eigenvalue weighted by Crippen LogP contribution is 2.30. The van der Waals surface area contributed by atoms with E-state index in [4.69, 9.17) is 0 Å². The lowest BCUT2D eigenvalue weighted by molar-refractivity contribution is -0.140. The van der Waals surface area contributed by atoms with Crippen molar-refractivity contribution >= 4 is 11.8 Å². The number of esters is 1. The molecule has 0 aromatic carbocycles. The number of ether oxygens (including phenoxy) is 1. The maximum absolute atomic E-state index is 12.0. The fourth-order valence-corrected chi connectivity index (χ4v) is 2.63. The first kappa shape index (κ1) is 21.1. The molecule has 25 heavy (non-hydrogen) atoms. The van der Waals surface area contributed by atoms with E-state index in [1.54, 1.807) is 18.2 Å². The van der Waals surface area contributed by atoms with Crippen LogP contribution in [-0.4, -0.2) is 29.6 Å². The van der Waals surface area contributed by atoms with Crippen molar-refractivity contribution < 1.29 is 19.4 Å². The van der Waals surface area contributed by atoms with E-state index in [-0.39, 0.29) is 11.8 Å². The first-order valence-corrected chi connectivity index (χ1v) is 9.08. The summed E-state index contributed by atoms with van der Waals surface area (Å²) in [5, 5.41) is 10.7. The van der Waals surface area contributed by atoms with Crippen molar-refractivity contribution in [3.05, 3.63) is 48.1 Å². The van der Waals surface area contributed by atoms with Gasteiger partial charge in [-0.05, 0) is 37.8 Å². The van der Waals surface area contributed by atoms with Gasteiger partial charge in [-0.25, -0.2) is 0 Å². The molecule has 1 rings (SSSR count). The van der Waals surface area contributed by atoms with Crippen LogP contribution >= 0.6 is 0 Å². The molecule has 138 valence electrons. The number of ketones is 1. The summed E-state index contributed by atoms with van der Waals surface area (Å²) in [4.78, 5) is 23.0. The Morgan fingerprint density at radius 1 is 1.20 bits per heavy atom. The fraction of sp³-hybridized carbons (Fsp3) is 0.524. The molecule has 0 radical (unpaired) electrons. The summed E-state index contributed by atoms with van der Waals surface area (Å²) < 4.78 is 4.58. The molecule has 0 saturated carbocycles. The second kappa shape index (κ2) is 11.6. The van der Waals surface area contributed by atoms with Crippen molar-refractivity contribution in [3.8, 4) is 0 Å². The zero-order valence-electron chi connectivity index (χ0n) is 15.4. The second-order valence-corrected chi connectivity index (χ2v) is 6.27. The van der Waals surface area contributed by atoms with E-state index >= 15 is 0 Å². The summed E-state index contributed by atoms with van der Waals surface area (Å²) in [6, 6.07) is 0. The maximum atomic E-state index is 12.0. The molecule has 0 heterocycles. The van der Waals surface area contributed by atoms with Crippen LogP contribution in [0.15, 0.2) is 48.1 Å². The van der Waals surface area contributed by atoms with Gasteiger partial charge in [0, 0.05) is 18.4 Å². The lowest BCUT2D eigenvalue weighted by Crippen LogP contribution is -2.27. The Kier molecular flexibility index (Phi) is 9.78. The molecular formula is C21H30O4. The highest BCUT2D eigenvalue weighted by Gasteiger charge is 2.35. The molecule has 4 nitrogen and oxygen atoms in total. The first-order chi connectivity index (χ1) is 12.0. The minimum atomic E-state index is -1.21. The van der Waals surface area contributed by atoms with E-state index in [1.165, 1.54) is 26.0 Å². The van der Waals surface area contributed by atoms with Crippen molar-refractivity contribution in [2.45, 2.75) is 63.9 Å². The number of hydrogen-bond acceptors (Lipinski definition) is 4. The number of carbonyl (C=O) groups excluding carboxylic acids is 2. The molecule has 1 aliphatic carbocycles. The Morgan fingerprint density at radius 2 is 1.96 bits per heavy atom. The number of carbonyl (C=O) groups is 2. The monoisotopic (exact) mass is 346 g/mol. The van der Waals surface area contributed by atoms with E-state index in [9.17, 15) is 14.7 Å². The van der Waals surface area contributed by atoms with Crippen LogP contribution in [0.3, 0.4) is 0 Å². The molecule has 1 atom stereocenters. The summed E-state index contributed by atoms with van der Waals surface area (Å²) in [5.41, 5.74) is -0.816. The zero-order chi connectivity index (χ0) is 18.5. The Hall–Kier alpha value is -1.94. The SMILES string of the molecule is CCCCC/C=C\C[C@]1(O)C=CC(=O)/C1=C/C=C\CCCC(=O)OC. The molecule has 0 unspecified atom stereocenters. The third kappa shape index (κ3) is 7.65. The summed E-state index contributed by atoms with van der Waals surface area (Å²) in [6.07, 6.45) is 19.1. The van der Waals surface area contributed by atoms with Gasteiger partial charge in [0.1, 0.15) is 5.60 Å². The number of hydrogen-bond donors (Lipinski definition) is 1. The number of unbranched alkanes of at least 4 members (excludes halogenated alkanes) is 4. The van der Waals surface area contributed by atoms with Crippen LogP contribution in [0.1, 0.15) is 58.3 Å². The summed E-state index contributed by atoms with van der Waals surface area (Å²) in [6.45, 7) is 2.17. The van der Waals surface area contributed by atoms with Gasteiger partial charge >= 0.3 is 5.97 Å². The van der Waals surface area contributed by atoms with Crippen LogP contribution in [-0.2, 0) is 14.3 Å². The standard InChI is InChI=1S/C21H30O4/c1-3-4-5-6-9-12-16-21(24)17-15-19(22)18(21)13-10-7-8-11-14-20(23)25-2/h7,9-10,12-13,15,17,24H,3-6,8,11,14,16H2,1-2H3/b10-7-,12-9-,18-13-/t21-/m0/s1. The minimum absolute atomic E-state index is 0.152. The lowest BCUT2D eigenvalue weighted by Gasteiger charge is -2.20. The second-order valence-electron chi connectivity index (χ2n) is 6.27. The molecule has 1 N–H and O–H groups in total. The minimum Gasteiger partial charge on any atom is -0.469 e. The third-order valence-corrected chi connectivity index (χ3v) is 4.19. The van der Waals surface area contributed by atoms with Gasteiger partial charge in [-0.2, -0.15) is 0 Å². The normalized spacial score (nSPS) is 21.9. The van der Waals surface area contributed by atoms with Gasteiger partial charge in [0.15, 0.2) is 5.78 Å². The Balaban J connectivity index is 2.51. The Bertz CT molecular complexity index is 554. The number of aliphatic hydroxyl groups is 1. The molecule has 0 bridgehead atoms. The molecular weight excluding hydrogens is 316 g/mol. The summed E-state index contributed by atoms with van der Waals surface area (Å²) in [5.74, 6) is -0.372. The largest absolute Gasteiger partial charge is 0.469 e. The van der Waals surface area contributed by atoms with Crippen LogP contribution < -0.4 is 0 Å². The van der Waals surface area contributed by atoms with Gasteiger partial charge in [0.05, 0.1) is 7.11 Å². The molecule has 0 aliphatic heterocycles. The average molecular weight is 346 g/mol. The molecule has 0 saturated heterocycles. The van der Waals surface area contributed by atoms with Crippen LogP contribution in [0.25, 0.3) is 0 Å². The van der Waals surface area contributed by atoms with Crippen molar-refractivity contribution in [1.82, 2.24) is 0 Å². The average Bonchev–Trinajstić information content (AvgIpc) is 2.89. The molecule has 0 amide bonds. The van der Waals surface area contributed by atoms with Crippen LogP contribution in [0.4, 0.5) is 0 Å². The van der Waals surface area contributed by atoms with Crippen molar-refractivity contribution in [2.75, 3.05) is 7.11 Å². The highest BCUT2D eigenvalue weighted by molar-refractivity contribution is 6.09. The number of methoxy groups -OCH3 is 1.